The van der Waals surface area contributed by atoms with Crippen molar-refractivity contribution >= 4 is 33.2 Å². The fourth-order valence-electron chi connectivity index (χ4n) is 3.43. The second-order valence-electron chi connectivity index (χ2n) is 7.13. The lowest BCUT2D eigenvalue weighted by molar-refractivity contribution is 0.102. The van der Waals surface area contributed by atoms with Crippen molar-refractivity contribution in [3.63, 3.8) is 0 Å². The van der Waals surface area contributed by atoms with Crippen LogP contribution >= 0.6 is 11.6 Å². The van der Waals surface area contributed by atoms with E-state index in [2.05, 4.69) is 10.0 Å². The van der Waals surface area contributed by atoms with Gasteiger partial charge in [0.25, 0.3) is 5.91 Å². The molecule has 0 unspecified atom stereocenters. The van der Waals surface area contributed by atoms with Crippen LogP contribution in [-0.2, 0) is 10.0 Å². The zero-order valence-corrected chi connectivity index (χ0v) is 17.9. The number of halogens is 1. The van der Waals surface area contributed by atoms with Crippen LogP contribution in [0.25, 0.3) is 0 Å². The van der Waals surface area contributed by atoms with Gasteiger partial charge in [-0.1, -0.05) is 37.3 Å². The molecule has 156 valence electrons. The van der Waals surface area contributed by atoms with Crippen LogP contribution in [0, 0.1) is 0 Å². The molecule has 0 saturated heterocycles. The zero-order valence-electron chi connectivity index (χ0n) is 16.3. The van der Waals surface area contributed by atoms with E-state index in [0.29, 0.717) is 16.3 Å². The number of ether oxygens (including phenoxy) is 1. The minimum absolute atomic E-state index is 0.0586. The molecule has 6 nitrogen and oxygen atoms in total. The summed E-state index contributed by atoms with van der Waals surface area (Å²) >= 11 is 5.86. The SMILES string of the molecule is COc1ccc(S(=O)(=O)NC2CCCCCC2)cc1NC(=O)c1ccc(Cl)cc1. The first-order chi connectivity index (χ1) is 13.9. The molecule has 29 heavy (non-hydrogen) atoms. The van der Waals surface area contributed by atoms with E-state index in [1.807, 2.05) is 0 Å². The van der Waals surface area contributed by atoms with Gasteiger partial charge in [-0.3, -0.25) is 4.79 Å². The highest BCUT2D eigenvalue weighted by molar-refractivity contribution is 7.89. The first-order valence-electron chi connectivity index (χ1n) is 9.66. The number of benzene rings is 2. The van der Waals surface area contributed by atoms with Crippen LogP contribution in [0.1, 0.15) is 48.9 Å². The van der Waals surface area contributed by atoms with Gasteiger partial charge in [-0.2, -0.15) is 0 Å². The third-order valence-electron chi connectivity index (χ3n) is 5.01. The zero-order chi connectivity index (χ0) is 20.9. The van der Waals surface area contributed by atoms with Crippen molar-refractivity contribution in [2.45, 2.75) is 49.5 Å². The number of rotatable bonds is 6. The van der Waals surface area contributed by atoms with Gasteiger partial charge in [-0.25, -0.2) is 13.1 Å². The molecule has 8 heteroatoms. The molecular formula is C21H25ClN2O4S. The molecule has 0 aliphatic heterocycles. The maximum absolute atomic E-state index is 12.9. The number of amides is 1. The highest BCUT2D eigenvalue weighted by Gasteiger charge is 2.23. The summed E-state index contributed by atoms with van der Waals surface area (Å²) in [6, 6.07) is 10.8. The van der Waals surface area contributed by atoms with E-state index in [0.717, 1.165) is 38.5 Å². The molecule has 3 rings (SSSR count). The molecule has 2 aromatic rings. The summed E-state index contributed by atoms with van der Waals surface area (Å²) in [4.78, 5) is 12.6. The van der Waals surface area contributed by atoms with Crippen molar-refractivity contribution in [1.82, 2.24) is 4.72 Å². The molecule has 1 fully saturated rings. The molecule has 0 spiro atoms. The summed E-state index contributed by atoms with van der Waals surface area (Å²) in [6.07, 6.45) is 6.02. The maximum atomic E-state index is 12.9. The first kappa shape index (κ1) is 21.6. The number of carbonyl (C=O) groups is 1. The quantitative estimate of drug-likeness (QED) is 0.648. The standard InChI is InChI=1S/C21H25ClN2O4S/c1-28-20-13-12-18(29(26,27)24-17-6-4-2-3-5-7-17)14-19(20)23-21(25)15-8-10-16(22)11-9-15/h8-14,17,24H,2-7H2,1H3,(H,23,25). The topological polar surface area (TPSA) is 84.5 Å². The Bertz CT molecular complexity index is 953. The van der Waals surface area contributed by atoms with E-state index in [4.69, 9.17) is 16.3 Å². The third kappa shape index (κ3) is 5.72. The van der Waals surface area contributed by atoms with Crippen molar-refractivity contribution < 1.29 is 17.9 Å². The highest BCUT2D eigenvalue weighted by Crippen LogP contribution is 2.29. The van der Waals surface area contributed by atoms with Gasteiger partial charge in [0.1, 0.15) is 5.75 Å². The number of sulfonamides is 1. The van der Waals surface area contributed by atoms with E-state index in [-0.39, 0.29) is 22.5 Å². The maximum Gasteiger partial charge on any atom is 0.255 e. The van der Waals surface area contributed by atoms with Crippen molar-refractivity contribution in [2.75, 3.05) is 12.4 Å². The second-order valence-corrected chi connectivity index (χ2v) is 9.28. The molecule has 2 aromatic carbocycles. The lowest BCUT2D eigenvalue weighted by Gasteiger charge is -2.17. The van der Waals surface area contributed by atoms with Gasteiger partial charge in [-0.05, 0) is 55.3 Å². The largest absolute Gasteiger partial charge is 0.495 e. The molecule has 0 radical (unpaired) electrons. The monoisotopic (exact) mass is 436 g/mol. The van der Waals surface area contributed by atoms with E-state index < -0.39 is 10.0 Å². The van der Waals surface area contributed by atoms with Gasteiger partial charge in [0.2, 0.25) is 10.0 Å². The number of nitrogens with one attached hydrogen (secondary N) is 2. The Morgan fingerprint density at radius 2 is 1.69 bits per heavy atom. The average molecular weight is 437 g/mol. The minimum atomic E-state index is -3.70. The van der Waals surface area contributed by atoms with Crippen molar-refractivity contribution in [1.29, 1.82) is 0 Å². The predicted molar refractivity (Wildman–Crippen MR) is 114 cm³/mol. The van der Waals surface area contributed by atoms with Crippen LogP contribution in [0.4, 0.5) is 5.69 Å². The Labute approximate surface area is 176 Å². The van der Waals surface area contributed by atoms with Crippen LogP contribution in [-0.4, -0.2) is 27.5 Å². The fraction of sp³-hybridized carbons (Fsp3) is 0.381. The number of hydrogen-bond acceptors (Lipinski definition) is 4. The number of carbonyl (C=O) groups excluding carboxylic acids is 1. The Morgan fingerprint density at radius 3 is 2.31 bits per heavy atom. The summed E-state index contributed by atoms with van der Waals surface area (Å²) in [5.74, 6) is -0.00743. The first-order valence-corrected chi connectivity index (χ1v) is 11.5. The van der Waals surface area contributed by atoms with Crippen LogP contribution < -0.4 is 14.8 Å². The average Bonchev–Trinajstić information content (AvgIpc) is 2.96. The van der Waals surface area contributed by atoms with E-state index in [9.17, 15) is 13.2 Å². The number of hydrogen-bond donors (Lipinski definition) is 2. The van der Waals surface area contributed by atoms with Crippen molar-refractivity contribution in [3.05, 3.63) is 53.1 Å². The van der Waals surface area contributed by atoms with Crippen LogP contribution in [0.3, 0.4) is 0 Å². The summed E-state index contributed by atoms with van der Waals surface area (Å²) in [5.41, 5.74) is 0.692. The van der Waals surface area contributed by atoms with Crippen molar-refractivity contribution in [2.24, 2.45) is 0 Å². The second kappa shape index (κ2) is 9.61. The summed E-state index contributed by atoms with van der Waals surface area (Å²) in [7, 11) is -2.24. The summed E-state index contributed by atoms with van der Waals surface area (Å²) < 4.78 is 33.9. The van der Waals surface area contributed by atoms with Gasteiger partial charge in [-0.15, -0.1) is 0 Å². The molecule has 2 N–H and O–H groups in total. The molecule has 1 amide bonds. The van der Waals surface area contributed by atoms with Gasteiger partial charge in [0.15, 0.2) is 0 Å². The molecular weight excluding hydrogens is 412 g/mol. The Kier molecular flexibility index (Phi) is 7.16. The van der Waals surface area contributed by atoms with Gasteiger partial charge >= 0.3 is 0 Å². The van der Waals surface area contributed by atoms with Crippen LogP contribution in [0.15, 0.2) is 47.4 Å². The molecule has 1 aliphatic rings. The smallest absolute Gasteiger partial charge is 0.255 e. The van der Waals surface area contributed by atoms with E-state index in [1.165, 1.54) is 19.2 Å². The Morgan fingerprint density at radius 1 is 1.03 bits per heavy atom. The normalized spacial score (nSPS) is 15.5. The lowest BCUT2D eigenvalue weighted by atomic mass is 10.1. The summed E-state index contributed by atoms with van der Waals surface area (Å²) in [5, 5.41) is 3.25. The van der Waals surface area contributed by atoms with Crippen LogP contribution in [0.5, 0.6) is 5.75 Å². The van der Waals surface area contributed by atoms with E-state index >= 15 is 0 Å². The van der Waals surface area contributed by atoms with Crippen molar-refractivity contribution in [3.8, 4) is 5.75 Å². The van der Waals surface area contributed by atoms with Gasteiger partial charge in [0, 0.05) is 16.6 Å². The highest BCUT2D eigenvalue weighted by atomic mass is 35.5. The molecule has 0 atom stereocenters. The third-order valence-corrected chi connectivity index (χ3v) is 6.78. The van der Waals surface area contributed by atoms with E-state index in [1.54, 1.807) is 30.3 Å². The van der Waals surface area contributed by atoms with Gasteiger partial charge < -0.3 is 10.1 Å². The predicted octanol–water partition coefficient (Wildman–Crippen LogP) is 4.60. The summed E-state index contributed by atoms with van der Waals surface area (Å²) in [6.45, 7) is 0. The van der Waals surface area contributed by atoms with Crippen LogP contribution in [0.2, 0.25) is 5.02 Å². The molecule has 0 bridgehead atoms. The molecule has 1 saturated carbocycles. The lowest BCUT2D eigenvalue weighted by Crippen LogP contribution is -2.34. The van der Waals surface area contributed by atoms with Gasteiger partial charge in [0.05, 0.1) is 17.7 Å². The minimum Gasteiger partial charge on any atom is -0.495 e. The fourth-order valence-corrected chi connectivity index (χ4v) is 4.89. The number of anilines is 1. The number of methoxy groups -OCH3 is 1. The molecule has 1 aliphatic carbocycles. The molecule has 0 aromatic heterocycles. The Hall–Kier alpha value is -2.09. The molecule has 0 heterocycles. The Balaban J connectivity index is 1.82.